The fourth-order valence-electron chi connectivity index (χ4n) is 1.06. The number of aliphatic hydroxyl groups is 1. The lowest BCUT2D eigenvalue weighted by molar-refractivity contribution is 0.435. The highest BCUT2D eigenvalue weighted by Gasteiger charge is 2.02. The van der Waals surface area contributed by atoms with Crippen LogP contribution in [0.4, 0.5) is 0 Å². The van der Waals surface area contributed by atoms with Crippen LogP contribution in [0.3, 0.4) is 0 Å². The highest BCUT2D eigenvalue weighted by Crippen LogP contribution is 2.17. The summed E-state index contributed by atoms with van der Waals surface area (Å²) in [6.07, 6.45) is 7.03. The largest absolute Gasteiger partial charge is 0.509 e. The average Bonchev–Trinajstić information content (AvgIpc) is 2.10. The van der Waals surface area contributed by atoms with E-state index in [4.69, 9.17) is 5.11 Å². The molecule has 0 saturated heterocycles. The van der Waals surface area contributed by atoms with Crippen molar-refractivity contribution in [2.75, 3.05) is 0 Å². The zero-order valence-corrected chi connectivity index (χ0v) is 8.71. The molecule has 1 unspecified atom stereocenters. The Labute approximate surface area is 81.5 Å². The standard InChI is InChI=1S/C12H20O/c1-5-6-7-10(2)11(3)8-9-12(4)13/h8-10,13H,3-7H2,1-2H3/b9-8-. The molecule has 0 saturated carbocycles. The Morgan fingerprint density at radius 2 is 2.00 bits per heavy atom. The monoisotopic (exact) mass is 180 g/mol. The van der Waals surface area contributed by atoms with Gasteiger partial charge in [-0.15, -0.1) is 0 Å². The Morgan fingerprint density at radius 3 is 2.46 bits per heavy atom. The Bertz CT molecular complexity index is 201. The molecule has 0 aliphatic heterocycles. The van der Waals surface area contributed by atoms with Gasteiger partial charge in [-0.25, -0.2) is 0 Å². The Hall–Kier alpha value is -0.980. The minimum Gasteiger partial charge on any atom is -0.509 e. The van der Waals surface area contributed by atoms with Crippen LogP contribution >= 0.6 is 0 Å². The third-order valence-electron chi connectivity index (χ3n) is 2.11. The molecular weight excluding hydrogens is 160 g/mol. The second-order valence-electron chi connectivity index (χ2n) is 3.44. The van der Waals surface area contributed by atoms with Gasteiger partial charge in [0.1, 0.15) is 5.76 Å². The van der Waals surface area contributed by atoms with E-state index in [2.05, 4.69) is 27.0 Å². The third kappa shape index (κ3) is 6.21. The van der Waals surface area contributed by atoms with E-state index in [1.54, 1.807) is 6.08 Å². The van der Waals surface area contributed by atoms with Crippen molar-refractivity contribution >= 4 is 0 Å². The van der Waals surface area contributed by atoms with Gasteiger partial charge >= 0.3 is 0 Å². The van der Waals surface area contributed by atoms with Gasteiger partial charge < -0.3 is 5.11 Å². The predicted molar refractivity (Wildman–Crippen MR) is 58.7 cm³/mol. The number of allylic oxidation sites excluding steroid dienone is 3. The molecule has 0 spiro atoms. The highest BCUT2D eigenvalue weighted by atomic mass is 16.3. The summed E-state index contributed by atoms with van der Waals surface area (Å²) in [7, 11) is 0. The zero-order valence-electron chi connectivity index (χ0n) is 8.71. The van der Waals surface area contributed by atoms with E-state index in [-0.39, 0.29) is 5.76 Å². The van der Waals surface area contributed by atoms with E-state index < -0.39 is 0 Å². The molecule has 13 heavy (non-hydrogen) atoms. The van der Waals surface area contributed by atoms with Crippen molar-refractivity contribution < 1.29 is 5.11 Å². The molecule has 1 heteroatoms. The molecule has 0 heterocycles. The zero-order chi connectivity index (χ0) is 10.3. The summed E-state index contributed by atoms with van der Waals surface area (Å²) < 4.78 is 0. The number of rotatable bonds is 6. The number of aliphatic hydroxyl groups excluding tert-OH is 1. The summed E-state index contributed by atoms with van der Waals surface area (Å²) in [4.78, 5) is 0. The number of hydrogen-bond donors (Lipinski definition) is 1. The van der Waals surface area contributed by atoms with Crippen LogP contribution < -0.4 is 0 Å². The third-order valence-corrected chi connectivity index (χ3v) is 2.11. The molecule has 0 radical (unpaired) electrons. The van der Waals surface area contributed by atoms with Crippen molar-refractivity contribution in [2.45, 2.75) is 33.1 Å². The highest BCUT2D eigenvalue weighted by molar-refractivity contribution is 5.22. The van der Waals surface area contributed by atoms with Crippen LogP contribution in [0.5, 0.6) is 0 Å². The van der Waals surface area contributed by atoms with Crippen LogP contribution in [0.25, 0.3) is 0 Å². The van der Waals surface area contributed by atoms with Crippen molar-refractivity contribution in [1.82, 2.24) is 0 Å². The van der Waals surface area contributed by atoms with Crippen molar-refractivity contribution in [1.29, 1.82) is 0 Å². The van der Waals surface area contributed by atoms with Gasteiger partial charge in [0.05, 0.1) is 0 Å². The van der Waals surface area contributed by atoms with Gasteiger partial charge in [-0.05, 0) is 18.4 Å². The fourth-order valence-corrected chi connectivity index (χ4v) is 1.06. The first-order valence-corrected chi connectivity index (χ1v) is 4.82. The second-order valence-corrected chi connectivity index (χ2v) is 3.44. The first kappa shape index (κ1) is 12.0. The summed E-state index contributed by atoms with van der Waals surface area (Å²) in [5, 5.41) is 8.84. The maximum Gasteiger partial charge on any atom is 0.108 e. The maximum atomic E-state index is 8.84. The van der Waals surface area contributed by atoms with E-state index in [9.17, 15) is 0 Å². The molecule has 0 fully saturated rings. The summed E-state index contributed by atoms with van der Waals surface area (Å²) >= 11 is 0. The minimum absolute atomic E-state index is 0.0869. The summed E-state index contributed by atoms with van der Waals surface area (Å²) in [6, 6.07) is 0. The van der Waals surface area contributed by atoms with E-state index in [1.165, 1.54) is 12.8 Å². The maximum absolute atomic E-state index is 8.84. The van der Waals surface area contributed by atoms with Crippen molar-refractivity contribution in [3.8, 4) is 0 Å². The molecule has 0 aliphatic carbocycles. The van der Waals surface area contributed by atoms with Crippen molar-refractivity contribution in [3.05, 3.63) is 36.6 Å². The molecule has 1 atom stereocenters. The molecule has 0 aliphatic rings. The summed E-state index contributed by atoms with van der Waals surface area (Å²) in [5.41, 5.74) is 1.06. The van der Waals surface area contributed by atoms with Crippen molar-refractivity contribution in [2.24, 2.45) is 5.92 Å². The van der Waals surface area contributed by atoms with Crippen LogP contribution in [-0.4, -0.2) is 5.11 Å². The summed E-state index contributed by atoms with van der Waals surface area (Å²) in [5.74, 6) is 0.583. The number of unbranched alkanes of at least 4 members (excludes halogenated alkanes) is 1. The molecule has 74 valence electrons. The van der Waals surface area contributed by atoms with Crippen molar-refractivity contribution in [3.63, 3.8) is 0 Å². The quantitative estimate of drug-likeness (QED) is 0.484. The number of hydrogen-bond acceptors (Lipinski definition) is 1. The smallest absolute Gasteiger partial charge is 0.108 e. The van der Waals surface area contributed by atoms with Gasteiger partial charge in [-0.2, -0.15) is 0 Å². The normalized spacial score (nSPS) is 13.1. The van der Waals surface area contributed by atoms with Crippen LogP contribution in [0.15, 0.2) is 36.6 Å². The summed E-state index contributed by atoms with van der Waals surface area (Å²) in [6.45, 7) is 11.7. The lowest BCUT2D eigenvalue weighted by Crippen LogP contribution is -1.95. The SMILES string of the molecule is C=C(O)/C=C\C(=C)C(C)CCCC. The second kappa shape index (κ2) is 6.53. The van der Waals surface area contributed by atoms with Crippen LogP contribution in [-0.2, 0) is 0 Å². The van der Waals surface area contributed by atoms with E-state index in [0.717, 1.165) is 12.0 Å². The molecule has 0 bridgehead atoms. The Balaban J connectivity index is 3.89. The fraction of sp³-hybridized carbons (Fsp3) is 0.500. The predicted octanol–water partition coefficient (Wildman–Crippen LogP) is 4.00. The van der Waals surface area contributed by atoms with E-state index in [0.29, 0.717) is 5.92 Å². The van der Waals surface area contributed by atoms with E-state index in [1.807, 2.05) is 6.08 Å². The molecular formula is C12H20O. The minimum atomic E-state index is 0.0869. The molecule has 0 aromatic heterocycles. The Morgan fingerprint density at radius 1 is 1.38 bits per heavy atom. The topological polar surface area (TPSA) is 20.2 Å². The van der Waals surface area contributed by atoms with Gasteiger partial charge in [0.25, 0.3) is 0 Å². The van der Waals surface area contributed by atoms with E-state index >= 15 is 0 Å². The van der Waals surface area contributed by atoms with Crippen LogP contribution in [0.2, 0.25) is 0 Å². The first-order chi connectivity index (χ1) is 6.07. The van der Waals surface area contributed by atoms with Crippen LogP contribution in [0.1, 0.15) is 33.1 Å². The van der Waals surface area contributed by atoms with Gasteiger partial charge in [-0.1, -0.05) is 51.5 Å². The molecule has 0 aromatic rings. The molecule has 0 rings (SSSR count). The molecule has 1 N–H and O–H groups in total. The molecule has 0 amide bonds. The van der Waals surface area contributed by atoms with Crippen LogP contribution in [0, 0.1) is 5.92 Å². The van der Waals surface area contributed by atoms with Gasteiger partial charge in [0.15, 0.2) is 0 Å². The van der Waals surface area contributed by atoms with Gasteiger partial charge in [0, 0.05) is 0 Å². The van der Waals surface area contributed by atoms with Gasteiger partial charge in [-0.3, -0.25) is 0 Å². The first-order valence-electron chi connectivity index (χ1n) is 4.82. The molecule has 0 aromatic carbocycles. The lowest BCUT2D eigenvalue weighted by Gasteiger charge is -2.10. The van der Waals surface area contributed by atoms with Gasteiger partial charge in [0.2, 0.25) is 0 Å². The average molecular weight is 180 g/mol. The Kier molecular flexibility index (Phi) is 6.03. The molecule has 1 nitrogen and oxygen atoms in total. The lowest BCUT2D eigenvalue weighted by atomic mass is 9.96.